The predicted octanol–water partition coefficient (Wildman–Crippen LogP) is 3.09. The fraction of sp³-hybridized carbons (Fsp3) is 0.250. The number of amides is 2. The summed E-state index contributed by atoms with van der Waals surface area (Å²) in [5, 5.41) is 14.8. The minimum absolute atomic E-state index is 0.182. The van der Waals surface area contributed by atoms with Crippen LogP contribution in [0, 0.1) is 13.8 Å². The summed E-state index contributed by atoms with van der Waals surface area (Å²) in [7, 11) is 0. The van der Waals surface area contributed by atoms with Crippen molar-refractivity contribution in [3.63, 3.8) is 0 Å². The van der Waals surface area contributed by atoms with E-state index < -0.39 is 0 Å². The molecule has 8 heteroatoms. The zero-order chi connectivity index (χ0) is 20.1. The Kier molecular flexibility index (Phi) is 6.23. The Balaban J connectivity index is 1.78. The van der Waals surface area contributed by atoms with Crippen molar-refractivity contribution in [2.75, 3.05) is 18.4 Å². The number of aromatic nitrogens is 2. The lowest BCUT2D eigenvalue weighted by Crippen LogP contribution is -2.27. The van der Waals surface area contributed by atoms with Gasteiger partial charge in [0.1, 0.15) is 0 Å². The first-order valence-corrected chi connectivity index (χ1v) is 9.89. The number of H-pyrrole nitrogens is 1. The van der Waals surface area contributed by atoms with Gasteiger partial charge in [0, 0.05) is 23.4 Å². The van der Waals surface area contributed by atoms with E-state index in [4.69, 9.17) is 5.73 Å². The van der Waals surface area contributed by atoms with Gasteiger partial charge in [0.2, 0.25) is 0 Å². The molecule has 0 aliphatic rings. The Hall–Kier alpha value is -2.97. The minimum atomic E-state index is -0.319. The standard InChI is InChI=1S/C20H23N5O2S/c1-12-14(19(26)22-10-5-9-21)6-3-7-15(12)23-20(27)18-13(2)17(24-25-18)16-8-4-11-28-16/h3-4,6-8,11H,5,9-10,21H2,1-2H3,(H,22,26)(H,23,27)(H,24,25). The van der Waals surface area contributed by atoms with Crippen LogP contribution in [0.4, 0.5) is 5.69 Å². The number of hydrogen-bond donors (Lipinski definition) is 4. The molecule has 1 aromatic carbocycles. The van der Waals surface area contributed by atoms with E-state index in [1.807, 2.05) is 31.4 Å². The average molecular weight is 398 g/mol. The fourth-order valence-corrected chi connectivity index (χ4v) is 3.65. The number of aromatic amines is 1. The third kappa shape index (κ3) is 4.13. The van der Waals surface area contributed by atoms with E-state index in [1.54, 1.807) is 29.5 Å². The normalized spacial score (nSPS) is 10.7. The first kappa shape index (κ1) is 19.8. The molecule has 0 saturated heterocycles. The van der Waals surface area contributed by atoms with Gasteiger partial charge in [0.15, 0.2) is 5.69 Å². The number of hydrogen-bond acceptors (Lipinski definition) is 5. The number of carbonyl (C=O) groups is 2. The Labute approximate surface area is 167 Å². The summed E-state index contributed by atoms with van der Waals surface area (Å²) in [6.07, 6.45) is 0.715. The number of nitrogens with zero attached hydrogens (tertiary/aromatic N) is 1. The summed E-state index contributed by atoms with van der Waals surface area (Å²) in [6.45, 7) is 4.71. The molecule has 0 fully saturated rings. The Morgan fingerprint density at radius 3 is 2.68 bits per heavy atom. The zero-order valence-corrected chi connectivity index (χ0v) is 16.7. The first-order valence-electron chi connectivity index (χ1n) is 9.01. The number of benzene rings is 1. The van der Waals surface area contributed by atoms with Crippen molar-refractivity contribution in [1.82, 2.24) is 15.5 Å². The number of rotatable bonds is 7. The van der Waals surface area contributed by atoms with Gasteiger partial charge in [-0.1, -0.05) is 12.1 Å². The predicted molar refractivity (Wildman–Crippen MR) is 112 cm³/mol. The van der Waals surface area contributed by atoms with E-state index in [-0.39, 0.29) is 11.8 Å². The van der Waals surface area contributed by atoms with Crippen molar-refractivity contribution in [2.45, 2.75) is 20.3 Å². The summed E-state index contributed by atoms with van der Waals surface area (Å²) >= 11 is 1.58. The molecule has 3 aromatic rings. The van der Waals surface area contributed by atoms with Crippen LogP contribution in [-0.4, -0.2) is 35.1 Å². The molecule has 2 amide bonds. The molecule has 0 bridgehead atoms. The Morgan fingerprint density at radius 1 is 1.14 bits per heavy atom. The number of thiophene rings is 1. The third-order valence-corrected chi connectivity index (χ3v) is 5.37. The molecule has 0 radical (unpaired) electrons. The van der Waals surface area contributed by atoms with Crippen molar-refractivity contribution >= 4 is 28.8 Å². The molecule has 0 aliphatic carbocycles. The lowest BCUT2D eigenvalue weighted by atomic mass is 10.1. The van der Waals surface area contributed by atoms with Crippen LogP contribution in [0.15, 0.2) is 35.7 Å². The van der Waals surface area contributed by atoms with Crippen LogP contribution >= 0.6 is 11.3 Å². The largest absolute Gasteiger partial charge is 0.352 e. The fourth-order valence-electron chi connectivity index (χ4n) is 2.88. The van der Waals surface area contributed by atoms with Crippen LogP contribution in [0.2, 0.25) is 0 Å². The average Bonchev–Trinajstić information content (AvgIpc) is 3.33. The second-order valence-electron chi connectivity index (χ2n) is 6.38. The van der Waals surface area contributed by atoms with Gasteiger partial charge in [-0.15, -0.1) is 11.3 Å². The quantitative estimate of drug-likeness (QED) is 0.459. The maximum Gasteiger partial charge on any atom is 0.276 e. The van der Waals surface area contributed by atoms with Crippen LogP contribution < -0.4 is 16.4 Å². The van der Waals surface area contributed by atoms with Gasteiger partial charge in [-0.25, -0.2) is 0 Å². The number of carbonyl (C=O) groups excluding carboxylic acids is 2. The molecule has 28 heavy (non-hydrogen) atoms. The number of nitrogens with one attached hydrogen (secondary N) is 3. The van der Waals surface area contributed by atoms with Crippen LogP contribution in [0.3, 0.4) is 0 Å². The van der Waals surface area contributed by atoms with E-state index in [0.29, 0.717) is 42.0 Å². The van der Waals surface area contributed by atoms with Gasteiger partial charge in [0.25, 0.3) is 11.8 Å². The highest BCUT2D eigenvalue weighted by atomic mass is 32.1. The minimum Gasteiger partial charge on any atom is -0.352 e. The lowest BCUT2D eigenvalue weighted by molar-refractivity contribution is 0.0951. The monoisotopic (exact) mass is 397 g/mol. The highest BCUT2D eigenvalue weighted by Gasteiger charge is 2.19. The number of anilines is 1. The Morgan fingerprint density at radius 2 is 1.96 bits per heavy atom. The van der Waals surface area contributed by atoms with Crippen molar-refractivity contribution in [3.8, 4) is 10.6 Å². The van der Waals surface area contributed by atoms with Gasteiger partial charge < -0.3 is 16.4 Å². The summed E-state index contributed by atoms with van der Waals surface area (Å²) < 4.78 is 0. The molecule has 0 unspecified atom stereocenters. The summed E-state index contributed by atoms with van der Waals surface area (Å²) in [6, 6.07) is 9.18. The molecule has 7 nitrogen and oxygen atoms in total. The SMILES string of the molecule is Cc1c(NC(=O)c2n[nH]c(-c3cccs3)c2C)cccc1C(=O)NCCCN. The van der Waals surface area contributed by atoms with Gasteiger partial charge in [-0.05, 0) is 56.0 Å². The summed E-state index contributed by atoms with van der Waals surface area (Å²) in [5.74, 6) is -0.502. The molecular formula is C20H23N5O2S. The van der Waals surface area contributed by atoms with Gasteiger partial charge >= 0.3 is 0 Å². The third-order valence-electron chi connectivity index (χ3n) is 4.49. The zero-order valence-electron chi connectivity index (χ0n) is 15.8. The molecular weight excluding hydrogens is 374 g/mol. The molecule has 146 valence electrons. The van der Waals surface area contributed by atoms with Gasteiger partial charge in [-0.3, -0.25) is 14.7 Å². The second-order valence-corrected chi connectivity index (χ2v) is 7.33. The van der Waals surface area contributed by atoms with Crippen molar-refractivity contribution in [1.29, 1.82) is 0 Å². The smallest absolute Gasteiger partial charge is 0.276 e. The Bertz CT molecular complexity index is 979. The molecule has 5 N–H and O–H groups in total. The van der Waals surface area contributed by atoms with Gasteiger partial charge in [-0.2, -0.15) is 5.10 Å². The van der Waals surface area contributed by atoms with Crippen molar-refractivity contribution in [3.05, 3.63) is 58.1 Å². The molecule has 2 aromatic heterocycles. The summed E-state index contributed by atoms with van der Waals surface area (Å²) in [4.78, 5) is 26.1. The van der Waals surface area contributed by atoms with E-state index in [1.165, 1.54) is 0 Å². The van der Waals surface area contributed by atoms with E-state index in [0.717, 1.165) is 16.1 Å². The molecule has 2 heterocycles. The van der Waals surface area contributed by atoms with Gasteiger partial charge in [0.05, 0.1) is 10.6 Å². The van der Waals surface area contributed by atoms with E-state index in [9.17, 15) is 9.59 Å². The van der Waals surface area contributed by atoms with Crippen LogP contribution in [0.1, 0.15) is 38.4 Å². The number of nitrogens with two attached hydrogens (primary N) is 1. The maximum absolute atomic E-state index is 12.8. The summed E-state index contributed by atoms with van der Waals surface area (Å²) in [5.41, 5.74) is 9.22. The second kappa shape index (κ2) is 8.81. The first-order chi connectivity index (χ1) is 13.5. The van der Waals surface area contributed by atoms with Crippen LogP contribution in [0.25, 0.3) is 10.6 Å². The molecule has 0 saturated carbocycles. The molecule has 3 rings (SSSR count). The highest BCUT2D eigenvalue weighted by molar-refractivity contribution is 7.13. The molecule has 0 spiro atoms. The van der Waals surface area contributed by atoms with E-state index >= 15 is 0 Å². The maximum atomic E-state index is 12.8. The molecule has 0 atom stereocenters. The molecule has 0 aliphatic heterocycles. The highest BCUT2D eigenvalue weighted by Crippen LogP contribution is 2.28. The van der Waals surface area contributed by atoms with Crippen molar-refractivity contribution in [2.24, 2.45) is 5.73 Å². The van der Waals surface area contributed by atoms with E-state index in [2.05, 4.69) is 20.8 Å². The topological polar surface area (TPSA) is 113 Å². The van der Waals surface area contributed by atoms with Crippen LogP contribution in [0.5, 0.6) is 0 Å². The lowest BCUT2D eigenvalue weighted by Gasteiger charge is -2.12. The van der Waals surface area contributed by atoms with Crippen molar-refractivity contribution < 1.29 is 9.59 Å². The van der Waals surface area contributed by atoms with Crippen LogP contribution in [-0.2, 0) is 0 Å².